The summed E-state index contributed by atoms with van der Waals surface area (Å²) in [6.45, 7) is 2.51. The monoisotopic (exact) mass is 451 g/mol. The third-order valence-corrected chi connectivity index (χ3v) is 7.31. The highest BCUT2D eigenvalue weighted by Crippen LogP contribution is 2.25. The summed E-state index contributed by atoms with van der Waals surface area (Å²) in [5.41, 5.74) is 1.08. The molecule has 1 amide bonds. The summed E-state index contributed by atoms with van der Waals surface area (Å²) in [7, 11) is 1.54. The predicted molar refractivity (Wildman–Crippen MR) is 116 cm³/mol. The van der Waals surface area contributed by atoms with Gasteiger partial charge in [-0.15, -0.1) is 0 Å². The van der Waals surface area contributed by atoms with E-state index in [1.165, 1.54) is 21.3 Å². The summed E-state index contributed by atoms with van der Waals surface area (Å²) in [4.78, 5) is 16.7. The Morgan fingerprint density at radius 3 is 2.50 bits per heavy atom. The number of piperazine rings is 1. The number of carbonyl (C=O) groups excluding carboxylic acids is 1. The summed E-state index contributed by atoms with van der Waals surface area (Å²) in [5.74, 6) is 0.345. The van der Waals surface area contributed by atoms with E-state index in [1.54, 1.807) is 44.5 Å². The number of rotatable bonds is 6. The highest BCUT2D eigenvalue weighted by molar-refractivity contribution is 7.89. The number of ether oxygens (including phenoxy) is 1. The molecule has 3 rings (SSSR count). The van der Waals surface area contributed by atoms with E-state index in [4.69, 9.17) is 16.3 Å². The van der Waals surface area contributed by atoms with Crippen molar-refractivity contribution in [2.75, 3.05) is 47.4 Å². The number of sulfonamides is 1. The van der Waals surface area contributed by atoms with Gasteiger partial charge in [0.1, 0.15) is 5.75 Å². The second kappa shape index (κ2) is 9.34. The summed E-state index contributed by atoms with van der Waals surface area (Å²) in [5, 5.41) is 0.548. The quantitative estimate of drug-likeness (QED) is 0.675. The molecule has 2 aromatic carbocycles. The fourth-order valence-electron chi connectivity index (χ4n) is 3.39. The van der Waals surface area contributed by atoms with Gasteiger partial charge in [0.05, 0.1) is 12.0 Å². The highest BCUT2D eigenvalue weighted by Gasteiger charge is 2.28. The minimum absolute atomic E-state index is 0.131. The van der Waals surface area contributed by atoms with Crippen LogP contribution in [0.3, 0.4) is 0 Å². The zero-order valence-electron chi connectivity index (χ0n) is 17.3. The number of amides is 1. The van der Waals surface area contributed by atoms with Crippen LogP contribution in [0.1, 0.15) is 15.9 Å². The molecule has 1 aliphatic rings. The number of hydrogen-bond donors (Lipinski definition) is 0. The topological polar surface area (TPSA) is 70.2 Å². The number of likely N-dealkylation sites (N-methyl/N-ethyl adjacent to an activating group) is 1. The van der Waals surface area contributed by atoms with Gasteiger partial charge in [-0.25, -0.2) is 8.42 Å². The van der Waals surface area contributed by atoms with Crippen molar-refractivity contribution in [2.45, 2.75) is 11.4 Å². The molecule has 0 aliphatic carbocycles. The van der Waals surface area contributed by atoms with E-state index in [2.05, 4.69) is 4.90 Å². The normalized spacial score (nSPS) is 15.7. The van der Waals surface area contributed by atoms with Crippen LogP contribution < -0.4 is 4.74 Å². The van der Waals surface area contributed by atoms with Gasteiger partial charge in [-0.1, -0.05) is 17.7 Å². The summed E-state index contributed by atoms with van der Waals surface area (Å²) < 4.78 is 32.8. The molecule has 0 bridgehead atoms. The molecule has 30 heavy (non-hydrogen) atoms. The average molecular weight is 452 g/mol. The number of hydrogen-bond acceptors (Lipinski definition) is 5. The molecule has 0 unspecified atom stereocenters. The highest BCUT2D eigenvalue weighted by atomic mass is 35.5. The molecule has 0 N–H and O–H groups in total. The molecule has 0 radical (unpaired) electrons. The van der Waals surface area contributed by atoms with Crippen LogP contribution in [0.4, 0.5) is 0 Å². The fraction of sp³-hybridized carbons (Fsp3) is 0.381. The van der Waals surface area contributed by atoms with Gasteiger partial charge in [-0.3, -0.25) is 4.79 Å². The van der Waals surface area contributed by atoms with Crippen molar-refractivity contribution in [1.29, 1.82) is 0 Å². The lowest BCUT2D eigenvalue weighted by Gasteiger charge is -2.31. The fourth-order valence-corrected chi connectivity index (χ4v) is 5.05. The van der Waals surface area contributed by atoms with E-state index >= 15 is 0 Å². The SMILES string of the molecule is COc1ccc(Cl)cc1CN(C)C(=O)c1cccc(S(=O)(=O)N2CCN(C)CC2)c1. The number of halogens is 1. The van der Waals surface area contributed by atoms with Gasteiger partial charge < -0.3 is 14.5 Å². The first-order valence-corrected chi connectivity index (χ1v) is 11.4. The second-order valence-corrected chi connectivity index (χ2v) is 9.73. The molecule has 1 heterocycles. The molecule has 0 saturated carbocycles. The minimum atomic E-state index is -3.64. The Kier molecular flexibility index (Phi) is 7.02. The molecule has 1 saturated heterocycles. The number of benzene rings is 2. The Morgan fingerprint density at radius 1 is 1.13 bits per heavy atom. The third-order valence-electron chi connectivity index (χ3n) is 5.18. The van der Waals surface area contributed by atoms with Crippen LogP contribution >= 0.6 is 11.6 Å². The smallest absolute Gasteiger partial charge is 0.253 e. The molecule has 2 aromatic rings. The van der Waals surface area contributed by atoms with Crippen LogP contribution in [0, 0.1) is 0 Å². The predicted octanol–water partition coefficient (Wildman–Crippen LogP) is 2.56. The van der Waals surface area contributed by atoms with Crippen molar-refractivity contribution in [2.24, 2.45) is 0 Å². The molecule has 162 valence electrons. The van der Waals surface area contributed by atoms with Crippen LogP contribution in [0.2, 0.25) is 5.02 Å². The zero-order valence-corrected chi connectivity index (χ0v) is 18.9. The second-order valence-electron chi connectivity index (χ2n) is 7.35. The van der Waals surface area contributed by atoms with Crippen molar-refractivity contribution >= 4 is 27.5 Å². The Bertz CT molecular complexity index is 1020. The van der Waals surface area contributed by atoms with Gasteiger partial charge in [0.25, 0.3) is 5.91 Å². The van der Waals surface area contributed by atoms with Gasteiger partial charge in [-0.2, -0.15) is 4.31 Å². The number of nitrogens with zero attached hydrogens (tertiary/aromatic N) is 3. The largest absolute Gasteiger partial charge is 0.496 e. The number of carbonyl (C=O) groups is 1. The van der Waals surface area contributed by atoms with Crippen molar-refractivity contribution in [1.82, 2.24) is 14.1 Å². The van der Waals surface area contributed by atoms with E-state index in [9.17, 15) is 13.2 Å². The summed E-state index contributed by atoms with van der Waals surface area (Å²) in [6, 6.07) is 11.4. The van der Waals surface area contributed by atoms with E-state index in [0.29, 0.717) is 42.5 Å². The Balaban J connectivity index is 1.80. The molecule has 0 spiro atoms. The van der Waals surface area contributed by atoms with E-state index in [-0.39, 0.29) is 17.3 Å². The molecule has 1 aliphatic heterocycles. The van der Waals surface area contributed by atoms with E-state index < -0.39 is 10.0 Å². The van der Waals surface area contributed by atoms with Gasteiger partial charge in [0.15, 0.2) is 0 Å². The molecule has 0 aromatic heterocycles. The summed E-state index contributed by atoms with van der Waals surface area (Å²) >= 11 is 6.07. The van der Waals surface area contributed by atoms with Crippen LogP contribution in [-0.4, -0.2) is 75.8 Å². The maximum absolute atomic E-state index is 13.0. The van der Waals surface area contributed by atoms with E-state index in [1.807, 2.05) is 7.05 Å². The molecule has 0 atom stereocenters. The standard InChI is InChI=1S/C21H26ClN3O4S/c1-23-9-11-25(12-10-23)30(27,28)19-6-4-5-16(14-19)21(26)24(2)15-17-13-18(22)7-8-20(17)29-3/h4-8,13-14H,9-12,15H2,1-3H3. The first-order chi connectivity index (χ1) is 14.2. The van der Waals surface area contributed by atoms with Crippen LogP contribution in [-0.2, 0) is 16.6 Å². The first-order valence-electron chi connectivity index (χ1n) is 9.59. The van der Waals surface area contributed by atoms with Crippen LogP contribution in [0.25, 0.3) is 0 Å². The summed E-state index contributed by atoms with van der Waals surface area (Å²) in [6.07, 6.45) is 0. The minimum Gasteiger partial charge on any atom is -0.496 e. The molecular formula is C21H26ClN3O4S. The van der Waals surface area contributed by atoms with Crippen molar-refractivity contribution in [3.63, 3.8) is 0 Å². The van der Waals surface area contributed by atoms with Gasteiger partial charge in [0, 0.05) is 55.9 Å². The van der Waals surface area contributed by atoms with Crippen molar-refractivity contribution in [3.05, 3.63) is 58.6 Å². The molecular weight excluding hydrogens is 426 g/mol. The molecule has 1 fully saturated rings. The average Bonchev–Trinajstić information content (AvgIpc) is 2.73. The number of methoxy groups -OCH3 is 1. The lowest BCUT2D eigenvalue weighted by Crippen LogP contribution is -2.47. The van der Waals surface area contributed by atoms with Crippen LogP contribution in [0.15, 0.2) is 47.4 Å². The Labute approximate surface area is 182 Å². The zero-order chi connectivity index (χ0) is 21.9. The van der Waals surface area contributed by atoms with Gasteiger partial charge >= 0.3 is 0 Å². The lowest BCUT2D eigenvalue weighted by molar-refractivity contribution is 0.0784. The van der Waals surface area contributed by atoms with Gasteiger partial charge in [0.2, 0.25) is 10.0 Å². The van der Waals surface area contributed by atoms with Crippen molar-refractivity contribution < 1.29 is 17.9 Å². The third kappa shape index (κ3) is 4.95. The maximum atomic E-state index is 13.0. The van der Waals surface area contributed by atoms with Crippen molar-refractivity contribution in [3.8, 4) is 5.75 Å². The van der Waals surface area contributed by atoms with E-state index in [0.717, 1.165) is 5.56 Å². The lowest BCUT2D eigenvalue weighted by atomic mass is 10.1. The Hall–Kier alpha value is -2.13. The Morgan fingerprint density at radius 2 is 1.83 bits per heavy atom. The first kappa shape index (κ1) is 22.6. The molecule has 9 heteroatoms. The van der Waals surface area contributed by atoms with Gasteiger partial charge in [-0.05, 0) is 43.4 Å². The maximum Gasteiger partial charge on any atom is 0.253 e. The van der Waals surface area contributed by atoms with Crippen LogP contribution in [0.5, 0.6) is 5.75 Å². The molecule has 7 nitrogen and oxygen atoms in total.